The largest absolute Gasteiger partial charge is 0.0654 e. The highest BCUT2D eigenvalue weighted by Gasteiger charge is 1.85. The smallest absolute Gasteiger partial charge is 0.0267 e. The summed E-state index contributed by atoms with van der Waals surface area (Å²) in [6, 6.07) is 0. The highest BCUT2D eigenvalue weighted by Crippen LogP contribution is 2.05. The van der Waals surface area contributed by atoms with Gasteiger partial charge < -0.3 is 0 Å². The van der Waals surface area contributed by atoms with Crippen LogP contribution < -0.4 is 0 Å². The second kappa shape index (κ2) is 8.00. The molecule has 0 heterocycles. The highest BCUT2D eigenvalue weighted by atomic mass is 13.9. The molecule has 0 nitrogen and oxygen atoms in total. The molecule has 0 saturated carbocycles. The molecule has 0 aromatic carbocycles. The Labute approximate surface area is 62.5 Å². The van der Waals surface area contributed by atoms with Crippen LogP contribution in [0.5, 0.6) is 0 Å². The van der Waals surface area contributed by atoms with Crippen LogP contribution in [0.4, 0.5) is 0 Å². The van der Waals surface area contributed by atoms with E-state index < -0.39 is 0 Å². The standard InChI is InChI=1S/C9H20/c1-3-5-7-9-8-6-4-2/h3-9H2,1-2H3/i3D,7D. The van der Waals surface area contributed by atoms with E-state index in [9.17, 15) is 0 Å². The Hall–Kier alpha value is 0. The first-order valence-corrected chi connectivity index (χ1v) is 4.01. The van der Waals surface area contributed by atoms with Crippen LogP contribution in [0.1, 0.15) is 61.5 Å². The molecule has 0 spiro atoms. The average Bonchev–Trinajstić information content (AvgIpc) is 1.86. The fourth-order valence-corrected chi connectivity index (χ4v) is 0.823. The van der Waals surface area contributed by atoms with E-state index in [0.29, 0.717) is 0 Å². The number of hydrogen-bond donors (Lipinski definition) is 0. The van der Waals surface area contributed by atoms with Crippen LogP contribution in [0, 0.1) is 0 Å². The maximum absolute atomic E-state index is 7.56. The van der Waals surface area contributed by atoms with Gasteiger partial charge in [0.05, 0.1) is 0 Å². The van der Waals surface area contributed by atoms with Gasteiger partial charge in [0.1, 0.15) is 0 Å². The van der Waals surface area contributed by atoms with Gasteiger partial charge in [-0.15, -0.1) is 0 Å². The molecule has 0 aliphatic heterocycles. The predicted molar refractivity (Wildman–Crippen MR) is 43.7 cm³/mol. The van der Waals surface area contributed by atoms with E-state index in [0.717, 1.165) is 19.3 Å². The van der Waals surface area contributed by atoms with Gasteiger partial charge in [0, 0.05) is 2.74 Å². The minimum atomic E-state index is -0.0564. The van der Waals surface area contributed by atoms with Gasteiger partial charge in [-0.25, -0.2) is 0 Å². The minimum absolute atomic E-state index is 0.00838. The highest BCUT2D eigenvalue weighted by molar-refractivity contribution is 4.41. The molecule has 2 atom stereocenters. The fourth-order valence-electron chi connectivity index (χ4n) is 0.823. The van der Waals surface area contributed by atoms with Crippen LogP contribution in [-0.4, -0.2) is 0 Å². The summed E-state index contributed by atoms with van der Waals surface area (Å²) in [6.45, 7) is 4.04. The summed E-state index contributed by atoms with van der Waals surface area (Å²) >= 11 is 0. The summed E-state index contributed by atoms with van der Waals surface area (Å²) in [4.78, 5) is 0. The second-order valence-corrected chi connectivity index (χ2v) is 2.43. The van der Waals surface area contributed by atoms with E-state index in [1.54, 1.807) is 0 Å². The Kier molecular flexibility index (Phi) is 5.12. The van der Waals surface area contributed by atoms with Gasteiger partial charge in [-0.3, -0.25) is 0 Å². The molecule has 56 valence electrons. The normalized spacial score (nSPS) is 20.2. The molecule has 0 saturated heterocycles. The summed E-state index contributed by atoms with van der Waals surface area (Å²) in [5.41, 5.74) is 0. The first kappa shape index (κ1) is 5.76. The van der Waals surface area contributed by atoms with E-state index in [2.05, 4.69) is 6.92 Å². The summed E-state index contributed by atoms with van der Waals surface area (Å²) in [5.74, 6) is 0. The molecule has 0 N–H and O–H groups in total. The summed E-state index contributed by atoms with van der Waals surface area (Å²) in [6.07, 6.45) is 5.30. The van der Waals surface area contributed by atoms with E-state index in [1.807, 2.05) is 6.92 Å². The lowest BCUT2D eigenvalue weighted by Crippen LogP contribution is -1.76. The molecular formula is C9H20. The maximum Gasteiger partial charge on any atom is 0.0267 e. The third kappa shape index (κ3) is 8.00. The first-order valence-electron chi connectivity index (χ1n) is 5.16. The number of rotatable bonds is 6. The fraction of sp³-hybridized carbons (Fsp3) is 1.00. The van der Waals surface area contributed by atoms with Crippen molar-refractivity contribution in [1.29, 1.82) is 0 Å². The van der Waals surface area contributed by atoms with Crippen molar-refractivity contribution in [3.05, 3.63) is 0 Å². The predicted octanol–water partition coefficient (Wildman–Crippen LogP) is 3.76. The van der Waals surface area contributed by atoms with Crippen molar-refractivity contribution in [3.8, 4) is 0 Å². The topological polar surface area (TPSA) is 0 Å². The Balaban J connectivity index is 3.15. The molecule has 9 heavy (non-hydrogen) atoms. The molecular weight excluding hydrogens is 108 g/mol. The number of unbranched alkanes of at least 4 members (excludes halogenated alkanes) is 2. The molecule has 0 aromatic heterocycles. The van der Waals surface area contributed by atoms with E-state index in [1.165, 1.54) is 12.8 Å². The molecule has 0 aromatic rings. The van der Waals surface area contributed by atoms with Crippen molar-refractivity contribution in [1.82, 2.24) is 0 Å². The van der Waals surface area contributed by atoms with Crippen LogP contribution in [0.2, 0.25) is 0 Å². The zero-order valence-corrected chi connectivity index (χ0v) is 6.69. The number of hydrogen-bond acceptors (Lipinski definition) is 0. The average molecular weight is 130 g/mol. The lowest BCUT2D eigenvalue weighted by Gasteiger charge is -1.96. The molecule has 0 amide bonds. The van der Waals surface area contributed by atoms with E-state index in [-0.39, 0.29) is 12.8 Å². The van der Waals surface area contributed by atoms with Gasteiger partial charge in [0.2, 0.25) is 0 Å². The van der Waals surface area contributed by atoms with Gasteiger partial charge in [0.25, 0.3) is 0 Å². The third-order valence-corrected chi connectivity index (χ3v) is 1.41. The lowest BCUT2D eigenvalue weighted by atomic mass is 10.1. The van der Waals surface area contributed by atoms with Crippen molar-refractivity contribution in [3.63, 3.8) is 0 Å². The molecule has 0 aliphatic carbocycles. The van der Waals surface area contributed by atoms with Crippen molar-refractivity contribution in [2.75, 3.05) is 0 Å². The molecule has 2 unspecified atom stereocenters. The van der Waals surface area contributed by atoms with Gasteiger partial charge in [-0.1, -0.05) is 58.7 Å². The van der Waals surface area contributed by atoms with Crippen LogP contribution in [0.3, 0.4) is 0 Å². The van der Waals surface area contributed by atoms with Gasteiger partial charge in [-0.2, -0.15) is 0 Å². The van der Waals surface area contributed by atoms with Crippen LogP contribution in [-0.2, 0) is 0 Å². The lowest BCUT2D eigenvalue weighted by molar-refractivity contribution is 0.602. The zero-order valence-electron chi connectivity index (χ0n) is 8.69. The van der Waals surface area contributed by atoms with Gasteiger partial charge >= 0.3 is 0 Å². The Bertz CT molecular complexity index is 81.6. The quantitative estimate of drug-likeness (QED) is 0.480. The SMILES string of the molecule is [2H]C(C)CC([2H])CCCCC. The summed E-state index contributed by atoms with van der Waals surface area (Å²) in [5, 5.41) is 0. The molecule has 0 fully saturated rings. The van der Waals surface area contributed by atoms with E-state index >= 15 is 0 Å². The summed E-state index contributed by atoms with van der Waals surface area (Å²) in [7, 11) is 0. The Morgan fingerprint density at radius 3 is 2.33 bits per heavy atom. The Morgan fingerprint density at radius 2 is 1.78 bits per heavy atom. The van der Waals surface area contributed by atoms with Crippen LogP contribution in [0.25, 0.3) is 0 Å². The van der Waals surface area contributed by atoms with Crippen LogP contribution >= 0.6 is 0 Å². The monoisotopic (exact) mass is 130 g/mol. The van der Waals surface area contributed by atoms with Crippen molar-refractivity contribution < 1.29 is 2.74 Å². The molecule has 0 rings (SSSR count). The second-order valence-electron chi connectivity index (χ2n) is 2.43. The molecule has 0 aliphatic rings. The van der Waals surface area contributed by atoms with Gasteiger partial charge in [-0.05, 0) is 0 Å². The van der Waals surface area contributed by atoms with E-state index in [4.69, 9.17) is 2.74 Å². The molecule has 0 bridgehead atoms. The van der Waals surface area contributed by atoms with Crippen LogP contribution in [0.15, 0.2) is 0 Å². The van der Waals surface area contributed by atoms with Gasteiger partial charge in [0.15, 0.2) is 0 Å². The first-order chi connectivity index (χ1) is 5.16. The van der Waals surface area contributed by atoms with Crippen molar-refractivity contribution >= 4 is 0 Å². The van der Waals surface area contributed by atoms with Crippen molar-refractivity contribution in [2.24, 2.45) is 0 Å². The third-order valence-electron chi connectivity index (χ3n) is 1.41. The van der Waals surface area contributed by atoms with Crippen molar-refractivity contribution in [2.45, 2.75) is 58.7 Å². The summed E-state index contributed by atoms with van der Waals surface area (Å²) < 4.78 is 14.8. The Morgan fingerprint density at radius 1 is 1.00 bits per heavy atom. The molecule has 0 heteroatoms. The minimum Gasteiger partial charge on any atom is -0.0654 e. The molecule has 0 radical (unpaired) electrons. The zero-order chi connectivity index (χ0) is 8.69. The maximum atomic E-state index is 7.56.